The fourth-order valence-corrected chi connectivity index (χ4v) is 4.05. The molecule has 1 aromatic carbocycles. The first-order valence-electron chi connectivity index (χ1n) is 10.9. The minimum absolute atomic E-state index is 0.109. The van der Waals surface area contributed by atoms with Gasteiger partial charge < -0.3 is 25.4 Å². The van der Waals surface area contributed by atoms with E-state index >= 15 is 0 Å². The van der Waals surface area contributed by atoms with Crippen molar-refractivity contribution < 1.29 is 14.3 Å². The van der Waals surface area contributed by atoms with Crippen LogP contribution in [0.5, 0.6) is 0 Å². The summed E-state index contributed by atoms with van der Waals surface area (Å²) in [5.41, 5.74) is 2.85. The number of amides is 1. The monoisotopic (exact) mass is 444 g/mol. The molecule has 3 N–H and O–H groups in total. The number of pyridine rings is 1. The fraction of sp³-hybridized carbons (Fsp3) is 0.478. The Morgan fingerprint density at radius 1 is 1.19 bits per heavy atom. The molecular weight excluding hydrogens is 416 g/mol. The third-order valence-electron chi connectivity index (χ3n) is 5.72. The van der Waals surface area contributed by atoms with E-state index in [0.29, 0.717) is 36.5 Å². The van der Waals surface area contributed by atoms with Crippen molar-refractivity contribution in [2.45, 2.75) is 12.8 Å². The van der Waals surface area contributed by atoms with E-state index in [0.717, 1.165) is 56.0 Å². The summed E-state index contributed by atoms with van der Waals surface area (Å²) in [4.78, 5) is 16.9. The highest BCUT2D eigenvalue weighted by Crippen LogP contribution is 2.31. The van der Waals surface area contributed by atoms with Gasteiger partial charge in [0.25, 0.3) is 0 Å². The molecule has 2 fully saturated rings. The molecule has 166 valence electrons. The summed E-state index contributed by atoms with van der Waals surface area (Å²) in [6.07, 6.45) is 3.76. The minimum Gasteiger partial charge on any atom is -0.385 e. The maximum atomic E-state index is 12.6. The van der Waals surface area contributed by atoms with E-state index in [1.54, 1.807) is 6.20 Å². The summed E-state index contributed by atoms with van der Waals surface area (Å²) in [5, 5.41) is 10.2. The molecule has 2 saturated heterocycles. The maximum absolute atomic E-state index is 12.6. The number of benzene rings is 1. The number of hydrogen-bond acceptors (Lipinski definition) is 6. The van der Waals surface area contributed by atoms with Gasteiger partial charge in [-0.1, -0.05) is 23.7 Å². The van der Waals surface area contributed by atoms with Crippen LogP contribution in [0.3, 0.4) is 0 Å². The fourth-order valence-electron chi connectivity index (χ4n) is 3.84. The number of nitrogens with zero attached hydrogens (tertiary/aromatic N) is 1. The van der Waals surface area contributed by atoms with E-state index in [2.05, 4.69) is 33.1 Å². The van der Waals surface area contributed by atoms with E-state index in [-0.39, 0.29) is 11.8 Å². The van der Waals surface area contributed by atoms with Crippen molar-refractivity contribution in [1.82, 2.24) is 10.3 Å². The molecule has 7 nitrogen and oxygen atoms in total. The lowest BCUT2D eigenvalue weighted by Crippen LogP contribution is -2.33. The van der Waals surface area contributed by atoms with Gasteiger partial charge in [-0.3, -0.25) is 4.79 Å². The average Bonchev–Trinajstić information content (AvgIpc) is 3.10. The number of ether oxygens (including phenoxy) is 2. The van der Waals surface area contributed by atoms with Gasteiger partial charge in [0.2, 0.25) is 5.91 Å². The predicted octanol–water partition coefficient (Wildman–Crippen LogP) is 3.42. The number of carbonyl (C=O) groups is 1. The molecule has 1 amide bonds. The van der Waals surface area contributed by atoms with E-state index in [4.69, 9.17) is 21.1 Å². The zero-order chi connectivity index (χ0) is 21.5. The third kappa shape index (κ3) is 6.17. The number of carbonyl (C=O) groups excluding carboxylic acids is 1. The molecule has 4 rings (SSSR count). The van der Waals surface area contributed by atoms with Crippen LogP contribution in [-0.4, -0.2) is 57.0 Å². The number of halogens is 1. The summed E-state index contributed by atoms with van der Waals surface area (Å²) in [6.45, 7) is 4.98. The second-order valence-corrected chi connectivity index (χ2v) is 8.44. The Labute approximate surface area is 187 Å². The van der Waals surface area contributed by atoms with E-state index < -0.39 is 0 Å². The highest BCUT2D eigenvalue weighted by Gasteiger charge is 2.21. The van der Waals surface area contributed by atoms with E-state index in [1.165, 1.54) is 0 Å². The molecule has 2 aliphatic heterocycles. The highest BCUT2D eigenvalue weighted by atomic mass is 35.5. The number of rotatable bonds is 6. The van der Waals surface area contributed by atoms with Gasteiger partial charge in [0.15, 0.2) is 0 Å². The first kappa shape index (κ1) is 22.0. The van der Waals surface area contributed by atoms with Crippen LogP contribution in [0.25, 0.3) is 11.1 Å². The summed E-state index contributed by atoms with van der Waals surface area (Å²) in [5.74, 6) is 0.753. The van der Waals surface area contributed by atoms with Gasteiger partial charge >= 0.3 is 0 Å². The zero-order valence-electron chi connectivity index (χ0n) is 17.5. The van der Waals surface area contributed by atoms with Crippen LogP contribution >= 0.6 is 11.6 Å². The Bertz CT molecular complexity index is 881. The smallest absolute Gasteiger partial charge is 0.232 e. The van der Waals surface area contributed by atoms with Crippen molar-refractivity contribution in [3.8, 4) is 11.1 Å². The Morgan fingerprint density at radius 2 is 2.06 bits per heavy atom. The van der Waals surface area contributed by atoms with Crippen molar-refractivity contribution in [2.24, 2.45) is 11.8 Å². The normalized spacial score (nSPS) is 20.1. The Morgan fingerprint density at radius 3 is 2.94 bits per heavy atom. The van der Waals surface area contributed by atoms with E-state index in [1.807, 2.05) is 18.2 Å². The van der Waals surface area contributed by atoms with Gasteiger partial charge in [-0.2, -0.15) is 0 Å². The van der Waals surface area contributed by atoms with Crippen molar-refractivity contribution in [1.29, 1.82) is 0 Å². The lowest BCUT2D eigenvalue weighted by atomic mass is 10.00. The van der Waals surface area contributed by atoms with Gasteiger partial charge in [0, 0.05) is 50.3 Å². The molecule has 0 bridgehead atoms. The lowest BCUT2D eigenvalue weighted by molar-refractivity contribution is -0.121. The quantitative estimate of drug-likeness (QED) is 0.633. The number of anilines is 2. The highest BCUT2D eigenvalue weighted by molar-refractivity contribution is 6.33. The van der Waals surface area contributed by atoms with Gasteiger partial charge in [-0.05, 0) is 42.5 Å². The largest absolute Gasteiger partial charge is 0.385 e. The number of hydrogen-bond donors (Lipinski definition) is 3. The van der Waals surface area contributed by atoms with Crippen molar-refractivity contribution in [3.63, 3.8) is 0 Å². The van der Waals surface area contributed by atoms with Gasteiger partial charge in [-0.25, -0.2) is 4.98 Å². The third-order valence-corrected chi connectivity index (χ3v) is 6.02. The van der Waals surface area contributed by atoms with Crippen molar-refractivity contribution in [2.75, 3.05) is 56.7 Å². The molecule has 2 aromatic rings. The van der Waals surface area contributed by atoms with Gasteiger partial charge in [0.05, 0.1) is 24.2 Å². The Hall–Kier alpha value is -2.19. The molecule has 0 saturated carbocycles. The SMILES string of the molecule is O=C(Nc1cc(-c2cccc(NCC3CCOCC3)c2)c(Cl)cn1)[C@H]1CNCCOC1. The van der Waals surface area contributed by atoms with E-state index in [9.17, 15) is 4.79 Å². The van der Waals surface area contributed by atoms with Crippen LogP contribution in [0, 0.1) is 11.8 Å². The summed E-state index contributed by atoms with van der Waals surface area (Å²) in [7, 11) is 0. The first-order valence-corrected chi connectivity index (χ1v) is 11.2. The summed E-state index contributed by atoms with van der Waals surface area (Å²) >= 11 is 6.45. The number of nitrogens with one attached hydrogen (secondary N) is 3. The Balaban J connectivity index is 1.44. The van der Waals surface area contributed by atoms with Crippen LogP contribution in [-0.2, 0) is 14.3 Å². The molecule has 2 aliphatic rings. The molecular formula is C23H29ClN4O3. The molecule has 0 unspecified atom stereocenters. The molecule has 0 radical (unpaired) electrons. The Kier molecular flexibility index (Phi) is 7.75. The summed E-state index contributed by atoms with van der Waals surface area (Å²) in [6, 6.07) is 9.97. The maximum Gasteiger partial charge on any atom is 0.232 e. The van der Waals surface area contributed by atoms with Crippen LogP contribution in [0.1, 0.15) is 12.8 Å². The molecule has 1 aromatic heterocycles. The van der Waals surface area contributed by atoms with Crippen molar-refractivity contribution in [3.05, 3.63) is 41.6 Å². The molecule has 0 aliphatic carbocycles. The molecule has 1 atom stereocenters. The minimum atomic E-state index is -0.249. The van der Waals surface area contributed by atoms with Crippen LogP contribution < -0.4 is 16.0 Å². The first-order chi connectivity index (χ1) is 15.2. The molecule has 0 spiro atoms. The number of aromatic nitrogens is 1. The van der Waals surface area contributed by atoms with Crippen LogP contribution in [0.2, 0.25) is 5.02 Å². The predicted molar refractivity (Wildman–Crippen MR) is 123 cm³/mol. The zero-order valence-corrected chi connectivity index (χ0v) is 18.3. The topological polar surface area (TPSA) is 84.5 Å². The lowest BCUT2D eigenvalue weighted by Gasteiger charge is -2.22. The second kappa shape index (κ2) is 10.9. The van der Waals surface area contributed by atoms with Crippen LogP contribution in [0.4, 0.5) is 11.5 Å². The standard InChI is InChI=1S/C23H29ClN4O3/c24-21-14-27-22(28-23(29)18-13-25-6-9-31-15-18)11-20(21)17-2-1-3-19(10-17)26-12-16-4-7-30-8-5-16/h1-3,10-11,14,16,18,25-26H,4-9,12-13,15H2,(H,27,28,29)/t18-/m0/s1. The average molecular weight is 445 g/mol. The molecule has 3 heterocycles. The molecule has 31 heavy (non-hydrogen) atoms. The van der Waals surface area contributed by atoms with Crippen LogP contribution in [0.15, 0.2) is 36.5 Å². The molecule has 8 heteroatoms. The van der Waals surface area contributed by atoms with Gasteiger partial charge in [0.1, 0.15) is 5.82 Å². The van der Waals surface area contributed by atoms with Crippen molar-refractivity contribution >= 4 is 29.0 Å². The second-order valence-electron chi connectivity index (χ2n) is 8.03. The summed E-state index contributed by atoms with van der Waals surface area (Å²) < 4.78 is 10.9. The van der Waals surface area contributed by atoms with Gasteiger partial charge in [-0.15, -0.1) is 0 Å².